The van der Waals surface area contributed by atoms with E-state index in [1.54, 1.807) is 37.2 Å². The van der Waals surface area contributed by atoms with Gasteiger partial charge in [0.2, 0.25) is 11.7 Å². The van der Waals surface area contributed by atoms with Gasteiger partial charge in [-0.25, -0.2) is 8.78 Å². The fraction of sp³-hybridized carbons (Fsp3) is 0.500. The van der Waals surface area contributed by atoms with Crippen molar-refractivity contribution in [2.45, 2.75) is 79.3 Å². The second-order valence-electron chi connectivity index (χ2n) is 17.9. The molecule has 4 aliphatic heterocycles. The quantitative estimate of drug-likeness (QED) is 0.0688. The number of carbonyl (C=O) groups excluding carboxylic acids is 2. The molecule has 5 aliphatic rings. The minimum atomic E-state index is -3.18. The molecule has 3 saturated heterocycles. The molecule has 5 atom stereocenters. The number of alkyl halides is 4. The maximum atomic E-state index is 16.3. The van der Waals surface area contributed by atoms with Crippen molar-refractivity contribution in [1.82, 2.24) is 32.7 Å². The van der Waals surface area contributed by atoms with Gasteiger partial charge in [0.25, 0.3) is 5.56 Å². The van der Waals surface area contributed by atoms with Gasteiger partial charge in [0.05, 0.1) is 6.04 Å². The van der Waals surface area contributed by atoms with E-state index in [4.69, 9.17) is 21.3 Å². The van der Waals surface area contributed by atoms with Crippen LogP contribution in [0.2, 0.25) is 5.02 Å². The summed E-state index contributed by atoms with van der Waals surface area (Å²) in [5, 5.41) is 13.8. The first-order valence-corrected chi connectivity index (χ1v) is 24.3. The molecule has 0 spiro atoms. The summed E-state index contributed by atoms with van der Waals surface area (Å²) in [5.74, 6) is -6.60. The Balaban J connectivity index is 0.804. The van der Waals surface area contributed by atoms with E-state index in [9.17, 15) is 14.4 Å². The number of anilines is 4. The molecule has 1 saturated carbocycles. The number of rotatable bonds is 8. The van der Waals surface area contributed by atoms with Gasteiger partial charge in [-0.3, -0.25) is 9.59 Å². The number of nitrogens with one attached hydrogen (secondary N) is 3. The van der Waals surface area contributed by atoms with Crippen LogP contribution in [-0.2, 0) is 23.7 Å². The number of halogens is 7. The fourth-order valence-electron chi connectivity index (χ4n) is 9.91. The molecule has 1 aliphatic carbocycles. The van der Waals surface area contributed by atoms with Crippen LogP contribution in [0.3, 0.4) is 0 Å². The third-order valence-electron chi connectivity index (χ3n) is 13.4. The Labute approximate surface area is 385 Å². The predicted octanol–water partition coefficient (Wildman–Crippen LogP) is 3.68. The number of aromatic nitrogens is 5. The number of imide groups is 1. The van der Waals surface area contributed by atoms with Crippen LogP contribution in [0, 0.1) is 23.5 Å². The normalized spacial score (nSPS) is 25.3. The van der Waals surface area contributed by atoms with Gasteiger partial charge >= 0.3 is 298 Å². The van der Waals surface area contributed by atoms with Crippen LogP contribution in [-0.4, -0.2) is 94.1 Å². The fourth-order valence-corrected chi connectivity index (χ4v) is 13.4. The molecule has 2 unspecified atom stereocenters. The molecule has 5 aromatic rings. The molecule has 346 valence electrons. The molecule has 2 amide bonds. The van der Waals surface area contributed by atoms with Gasteiger partial charge in [0.15, 0.2) is 6.61 Å². The van der Waals surface area contributed by atoms with Crippen LogP contribution in [0.4, 0.5) is 45.1 Å². The number of pyridine rings is 1. The van der Waals surface area contributed by atoms with Crippen LogP contribution >= 0.6 is 11.6 Å². The SMILES string of the molecule is C[C@@H]1CN(c2ncc(Cl)c(Nc3ccc4c(c3)c3c(c(=O)n4C)OCC(F)(F)[C@H](C4CC4)N3)n2)C[C@H](F)C1[I-]N1CCC(c2c(F)cc3c(C4CCC(=O)NC4=O)nn(C)c3c2F)CC1. The molecule has 4 fully saturated rings. The van der Waals surface area contributed by atoms with Crippen LogP contribution in [0.1, 0.15) is 68.5 Å². The number of hydrogen-bond acceptors (Lipinski definition) is 11. The molecule has 10 rings (SSSR count). The Hall–Kier alpha value is -4.83. The van der Waals surface area contributed by atoms with Gasteiger partial charge in [0.1, 0.15) is 0 Å². The molecule has 2 aromatic carbocycles. The molecule has 14 nitrogen and oxygen atoms in total. The Morgan fingerprint density at radius 3 is 2.51 bits per heavy atom. The van der Waals surface area contributed by atoms with Crippen molar-refractivity contribution in [3.63, 3.8) is 0 Å². The van der Waals surface area contributed by atoms with Gasteiger partial charge in [-0.1, -0.05) is 0 Å². The summed E-state index contributed by atoms with van der Waals surface area (Å²) in [6.45, 7) is 2.79. The predicted molar refractivity (Wildman–Crippen MR) is 229 cm³/mol. The third-order valence-corrected chi connectivity index (χ3v) is 18.1. The number of aryl methyl sites for hydroxylation is 2. The number of fused-ring (bicyclic) bond motifs is 4. The topological polar surface area (TPSA) is 152 Å². The summed E-state index contributed by atoms with van der Waals surface area (Å²) in [5.41, 5.74) is 1.07. The van der Waals surface area contributed by atoms with Gasteiger partial charge in [-0.15, -0.1) is 0 Å². The zero-order valence-corrected chi connectivity index (χ0v) is 38.5. The average Bonchev–Trinajstić information content (AvgIpc) is 4.07. The van der Waals surface area contributed by atoms with Gasteiger partial charge in [-0.2, -0.15) is 0 Å². The molecule has 3 aromatic heterocycles. The van der Waals surface area contributed by atoms with Crippen molar-refractivity contribution in [1.29, 1.82) is 0 Å². The molecular weight excluding hydrogens is 990 g/mol. The van der Waals surface area contributed by atoms with E-state index < -0.39 is 81.2 Å². The first-order chi connectivity index (χ1) is 31.1. The Bertz CT molecular complexity index is 2810. The number of ether oxygens (including phenoxy) is 1. The van der Waals surface area contributed by atoms with Crippen LogP contribution in [0.25, 0.3) is 21.8 Å². The molecule has 65 heavy (non-hydrogen) atoms. The van der Waals surface area contributed by atoms with Crippen molar-refractivity contribution >= 4 is 68.4 Å². The summed E-state index contributed by atoms with van der Waals surface area (Å²) >= 11 is 5.79. The molecule has 0 radical (unpaired) electrons. The molecule has 0 bridgehead atoms. The summed E-state index contributed by atoms with van der Waals surface area (Å²) < 4.78 is 89.0. The molecular formula is C44H46ClF5IN10O4-. The molecule has 3 N–H and O–H groups in total. The van der Waals surface area contributed by atoms with E-state index in [0.717, 1.165) is 0 Å². The maximum absolute atomic E-state index is 16.3. The van der Waals surface area contributed by atoms with E-state index in [0.29, 0.717) is 61.9 Å². The number of carbonyl (C=O) groups is 2. The average molecular weight is 1040 g/mol. The van der Waals surface area contributed by atoms with E-state index in [2.05, 4.69) is 29.1 Å². The number of piperidine rings is 3. The Kier molecular flexibility index (Phi) is 11.4. The van der Waals surface area contributed by atoms with Crippen molar-refractivity contribution in [3.05, 3.63) is 68.7 Å². The van der Waals surface area contributed by atoms with Gasteiger partial charge in [-0.05, 0) is 18.8 Å². The van der Waals surface area contributed by atoms with Crippen molar-refractivity contribution < 1.29 is 57.8 Å². The second kappa shape index (κ2) is 16.8. The second-order valence-corrected chi connectivity index (χ2v) is 21.7. The Morgan fingerprint density at radius 1 is 1.02 bits per heavy atom. The van der Waals surface area contributed by atoms with E-state index >= 15 is 22.0 Å². The van der Waals surface area contributed by atoms with Crippen LogP contribution in [0.5, 0.6) is 5.75 Å². The zero-order chi connectivity index (χ0) is 45.6. The number of amides is 2. The van der Waals surface area contributed by atoms with Crippen LogP contribution < -0.4 is 52.6 Å². The zero-order valence-electron chi connectivity index (χ0n) is 35.6. The molecule has 7 heterocycles. The third kappa shape index (κ3) is 8.03. The molecule has 21 heteroatoms. The van der Waals surface area contributed by atoms with Crippen molar-refractivity contribution in [2.24, 2.45) is 25.9 Å². The van der Waals surface area contributed by atoms with Crippen molar-refractivity contribution in [3.8, 4) is 5.75 Å². The minimum absolute atomic E-state index is 0.00196. The number of hydrogen-bond donors (Lipinski definition) is 3. The first-order valence-electron chi connectivity index (χ1n) is 21.8. The van der Waals surface area contributed by atoms with Crippen molar-refractivity contribution in [2.75, 3.05) is 48.3 Å². The first kappa shape index (κ1) is 44.0. The number of nitrogens with zero attached hydrogens (tertiary/aromatic N) is 7. The Morgan fingerprint density at radius 2 is 1.78 bits per heavy atom. The van der Waals surface area contributed by atoms with Gasteiger partial charge < -0.3 is 14.6 Å². The van der Waals surface area contributed by atoms with Crippen LogP contribution in [0.15, 0.2) is 35.3 Å². The summed E-state index contributed by atoms with van der Waals surface area (Å²) in [6.07, 6.45) is 2.88. The summed E-state index contributed by atoms with van der Waals surface area (Å²) in [7, 11) is 3.12. The van der Waals surface area contributed by atoms with E-state index in [-0.39, 0.29) is 91.4 Å². The van der Waals surface area contributed by atoms with Gasteiger partial charge in [0, 0.05) is 7.05 Å². The van der Waals surface area contributed by atoms with E-state index in [1.807, 2.05) is 6.92 Å². The summed E-state index contributed by atoms with van der Waals surface area (Å²) in [4.78, 5) is 48.5. The standard InChI is InChI=1S/C44H46ClF5IN10O4/c1-20-17-60(43-52-16-27(45)40(56-43)53-23-6-8-30-25(14-23)36-38(42(64)58(30)2)65-19-44(49,50)39(55-36)22-4-5-22)18-29(47)34(20)51-61-12-10-21(11-13-61)32-28(46)15-26-35(57-59(3)37(26)33(32)48)24-7-9-31(62)54-41(24)63/h6,8,14-16,20-22,24,29,34,39,55H,4-5,7,9-13,17-19H2,1-3H3,(H,52,53,56)(H,54,62,63)/q-1/t20-,24?,29+,34?,39+/m1/s1. The monoisotopic (exact) mass is 1040 g/mol. The summed E-state index contributed by atoms with van der Waals surface area (Å²) in [6, 6.07) is 5.23. The number of benzene rings is 2. The van der Waals surface area contributed by atoms with E-state index in [1.165, 1.54) is 21.5 Å².